The van der Waals surface area contributed by atoms with Gasteiger partial charge in [0.1, 0.15) is 0 Å². The molecule has 1 N–H and O–H groups in total. The topological polar surface area (TPSA) is 39.1 Å². The minimum atomic E-state index is -0.137. The Morgan fingerprint density at radius 1 is 1.35 bits per heavy atom. The van der Waals surface area contributed by atoms with E-state index in [1.807, 2.05) is 11.7 Å². The second-order valence-electron chi connectivity index (χ2n) is 5.52. The van der Waals surface area contributed by atoms with Crippen LogP contribution in [0, 0.1) is 0 Å². The standard InChI is InChI=1S/C16H31N3O/c1-7-13-11-14(19(6)18-13)12-15(17-9-3)16(5,8-2)20-10-4/h11,15,17H,7-10,12H2,1-6H3. The van der Waals surface area contributed by atoms with Crippen molar-refractivity contribution >= 4 is 0 Å². The summed E-state index contributed by atoms with van der Waals surface area (Å²) in [5.74, 6) is 0. The lowest BCUT2D eigenvalue weighted by atomic mass is 9.89. The molecule has 0 fully saturated rings. The van der Waals surface area contributed by atoms with E-state index in [-0.39, 0.29) is 5.60 Å². The third-order valence-electron chi connectivity index (χ3n) is 4.17. The first-order valence-corrected chi connectivity index (χ1v) is 7.89. The van der Waals surface area contributed by atoms with Gasteiger partial charge in [0.25, 0.3) is 0 Å². The highest BCUT2D eigenvalue weighted by atomic mass is 16.5. The normalized spacial score (nSPS) is 16.1. The number of ether oxygens (including phenoxy) is 1. The van der Waals surface area contributed by atoms with Gasteiger partial charge in [0.05, 0.1) is 11.3 Å². The summed E-state index contributed by atoms with van der Waals surface area (Å²) >= 11 is 0. The summed E-state index contributed by atoms with van der Waals surface area (Å²) in [5.41, 5.74) is 2.29. The van der Waals surface area contributed by atoms with E-state index in [4.69, 9.17) is 4.74 Å². The highest BCUT2D eigenvalue weighted by molar-refractivity contribution is 5.13. The molecule has 0 bridgehead atoms. The van der Waals surface area contributed by atoms with Gasteiger partial charge in [-0.2, -0.15) is 5.10 Å². The van der Waals surface area contributed by atoms with Crippen LogP contribution in [0.3, 0.4) is 0 Å². The average Bonchev–Trinajstić information content (AvgIpc) is 2.79. The van der Waals surface area contributed by atoms with Gasteiger partial charge in [-0.1, -0.05) is 20.8 Å². The average molecular weight is 281 g/mol. The molecule has 116 valence electrons. The van der Waals surface area contributed by atoms with Crippen molar-refractivity contribution in [3.05, 3.63) is 17.5 Å². The fourth-order valence-corrected chi connectivity index (χ4v) is 2.67. The van der Waals surface area contributed by atoms with Gasteiger partial charge in [-0.15, -0.1) is 0 Å². The maximum Gasteiger partial charge on any atom is 0.0807 e. The second kappa shape index (κ2) is 7.79. The number of likely N-dealkylation sites (N-methyl/N-ethyl adjacent to an activating group) is 1. The zero-order valence-corrected chi connectivity index (χ0v) is 14.0. The molecule has 0 aromatic carbocycles. The molecule has 0 radical (unpaired) electrons. The molecule has 20 heavy (non-hydrogen) atoms. The first-order valence-electron chi connectivity index (χ1n) is 7.89. The van der Waals surface area contributed by atoms with Crippen molar-refractivity contribution in [3.63, 3.8) is 0 Å². The van der Waals surface area contributed by atoms with Gasteiger partial charge >= 0.3 is 0 Å². The van der Waals surface area contributed by atoms with Crippen LogP contribution in [-0.2, 0) is 24.6 Å². The SMILES string of the molecule is CCNC(Cc1cc(CC)nn1C)C(C)(CC)OCC. The third-order valence-corrected chi connectivity index (χ3v) is 4.17. The molecule has 0 spiro atoms. The first kappa shape index (κ1) is 17.2. The zero-order valence-electron chi connectivity index (χ0n) is 14.0. The summed E-state index contributed by atoms with van der Waals surface area (Å²) in [5, 5.41) is 8.14. The van der Waals surface area contributed by atoms with E-state index in [0.717, 1.165) is 38.1 Å². The molecule has 2 atom stereocenters. The van der Waals surface area contributed by atoms with E-state index in [1.165, 1.54) is 5.69 Å². The molecule has 0 amide bonds. The number of hydrogen-bond donors (Lipinski definition) is 1. The maximum atomic E-state index is 6.05. The molecule has 4 nitrogen and oxygen atoms in total. The predicted octanol–water partition coefficient (Wildman–Crippen LogP) is 2.71. The quantitative estimate of drug-likeness (QED) is 0.756. The molecule has 0 aliphatic heterocycles. The van der Waals surface area contributed by atoms with Crippen LogP contribution in [0.4, 0.5) is 0 Å². The molecule has 1 heterocycles. The van der Waals surface area contributed by atoms with Crippen LogP contribution in [-0.4, -0.2) is 34.6 Å². The lowest BCUT2D eigenvalue weighted by molar-refractivity contribution is -0.0550. The van der Waals surface area contributed by atoms with Crippen molar-refractivity contribution in [2.45, 2.75) is 65.5 Å². The number of nitrogens with zero attached hydrogens (tertiary/aromatic N) is 2. The number of nitrogens with one attached hydrogen (secondary N) is 1. The summed E-state index contributed by atoms with van der Waals surface area (Å²) in [6.07, 6.45) is 2.93. The molecule has 0 aliphatic rings. The Hall–Kier alpha value is -0.870. The molecule has 4 heteroatoms. The highest BCUT2D eigenvalue weighted by Gasteiger charge is 2.33. The van der Waals surface area contributed by atoms with Crippen LogP contribution in [0.2, 0.25) is 0 Å². The van der Waals surface area contributed by atoms with Crippen molar-refractivity contribution in [3.8, 4) is 0 Å². The first-order chi connectivity index (χ1) is 9.50. The third kappa shape index (κ3) is 4.06. The van der Waals surface area contributed by atoms with Crippen molar-refractivity contribution in [1.29, 1.82) is 0 Å². The summed E-state index contributed by atoms with van der Waals surface area (Å²) in [4.78, 5) is 0. The Balaban J connectivity index is 2.92. The molecule has 1 aromatic heterocycles. The van der Waals surface area contributed by atoms with E-state index in [2.05, 4.69) is 51.1 Å². The van der Waals surface area contributed by atoms with E-state index in [0.29, 0.717) is 6.04 Å². The van der Waals surface area contributed by atoms with Gasteiger partial charge in [0, 0.05) is 31.8 Å². The van der Waals surface area contributed by atoms with Crippen LogP contribution in [0.25, 0.3) is 0 Å². The van der Waals surface area contributed by atoms with Crippen LogP contribution in [0.15, 0.2) is 6.07 Å². The van der Waals surface area contributed by atoms with Crippen molar-refractivity contribution in [2.24, 2.45) is 7.05 Å². The van der Waals surface area contributed by atoms with Crippen LogP contribution >= 0.6 is 0 Å². The zero-order chi connectivity index (χ0) is 15.2. The smallest absolute Gasteiger partial charge is 0.0807 e. The molecule has 2 unspecified atom stereocenters. The monoisotopic (exact) mass is 281 g/mol. The van der Waals surface area contributed by atoms with Crippen molar-refractivity contribution < 1.29 is 4.74 Å². The molecule has 0 saturated heterocycles. The fourth-order valence-electron chi connectivity index (χ4n) is 2.67. The van der Waals surface area contributed by atoms with E-state index in [9.17, 15) is 0 Å². The molecule has 0 aliphatic carbocycles. The molecule has 1 aromatic rings. The molecular formula is C16H31N3O. The Morgan fingerprint density at radius 2 is 2.05 bits per heavy atom. The van der Waals surface area contributed by atoms with E-state index >= 15 is 0 Å². The number of rotatable bonds is 9. The number of aryl methyl sites for hydroxylation is 2. The largest absolute Gasteiger partial charge is 0.374 e. The number of hydrogen-bond acceptors (Lipinski definition) is 3. The Morgan fingerprint density at radius 3 is 2.50 bits per heavy atom. The van der Waals surface area contributed by atoms with E-state index < -0.39 is 0 Å². The molecular weight excluding hydrogens is 250 g/mol. The van der Waals surface area contributed by atoms with Gasteiger partial charge in [-0.3, -0.25) is 4.68 Å². The lowest BCUT2D eigenvalue weighted by Crippen LogP contribution is -2.51. The number of aromatic nitrogens is 2. The molecule has 0 saturated carbocycles. The summed E-state index contributed by atoms with van der Waals surface area (Å²) in [7, 11) is 2.03. The Kier molecular flexibility index (Phi) is 6.69. The lowest BCUT2D eigenvalue weighted by Gasteiger charge is -2.37. The van der Waals surface area contributed by atoms with Gasteiger partial charge in [-0.25, -0.2) is 0 Å². The summed E-state index contributed by atoms with van der Waals surface area (Å²) in [6.45, 7) is 12.5. The fraction of sp³-hybridized carbons (Fsp3) is 0.812. The van der Waals surface area contributed by atoms with Crippen molar-refractivity contribution in [2.75, 3.05) is 13.2 Å². The van der Waals surface area contributed by atoms with Gasteiger partial charge < -0.3 is 10.1 Å². The predicted molar refractivity (Wildman–Crippen MR) is 84.1 cm³/mol. The van der Waals surface area contributed by atoms with Crippen LogP contribution in [0.1, 0.15) is 52.4 Å². The van der Waals surface area contributed by atoms with Crippen molar-refractivity contribution in [1.82, 2.24) is 15.1 Å². The molecule has 1 rings (SSSR count). The van der Waals surface area contributed by atoms with Crippen LogP contribution in [0.5, 0.6) is 0 Å². The Labute approximate surface area is 123 Å². The van der Waals surface area contributed by atoms with Gasteiger partial charge in [-0.05, 0) is 39.3 Å². The summed E-state index contributed by atoms with van der Waals surface area (Å²) in [6, 6.07) is 2.52. The minimum Gasteiger partial charge on any atom is -0.374 e. The minimum absolute atomic E-state index is 0.137. The maximum absolute atomic E-state index is 6.05. The van der Waals surface area contributed by atoms with Crippen LogP contribution < -0.4 is 5.32 Å². The second-order valence-corrected chi connectivity index (χ2v) is 5.52. The highest BCUT2D eigenvalue weighted by Crippen LogP contribution is 2.23. The van der Waals surface area contributed by atoms with E-state index in [1.54, 1.807) is 0 Å². The van der Waals surface area contributed by atoms with Gasteiger partial charge in [0.2, 0.25) is 0 Å². The Bertz CT molecular complexity index is 402. The summed E-state index contributed by atoms with van der Waals surface area (Å²) < 4.78 is 8.05. The van der Waals surface area contributed by atoms with Gasteiger partial charge in [0.15, 0.2) is 0 Å².